The largest absolute Gasteiger partial charge is 0.383 e. The number of hydrogen-bond acceptors (Lipinski definition) is 3. The monoisotopic (exact) mass is 304 g/mol. The molecule has 1 aliphatic heterocycles. The molecule has 2 rings (SSSR count). The van der Waals surface area contributed by atoms with Crippen LogP contribution in [0, 0.1) is 19.8 Å². The van der Waals surface area contributed by atoms with Crippen molar-refractivity contribution >= 4 is 17.5 Å². The molecule has 0 bridgehead atoms. The highest BCUT2D eigenvalue weighted by Crippen LogP contribution is 2.28. The molecule has 2 amide bonds. The lowest BCUT2D eigenvalue weighted by atomic mass is 10.1. The van der Waals surface area contributed by atoms with Gasteiger partial charge in [-0.2, -0.15) is 0 Å². The van der Waals surface area contributed by atoms with Gasteiger partial charge in [0.2, 0.25) is 11.8 Å². The number of carbonyl (C=O) groups excluding carboxylic acids is 2. The lowest BCUT2D eigenvalue weighted by Gasteiger charge is -2.20. The summed E-state index contributed by atoms with van der Waals surface area (Å²) >= 11 is 0. The van der Waals surface area contributed by atoms with Gasteiger partial charge in [-0.05, 0) is 38.0 Å². The number of nitrogens with one attached hydrogen (secondary N) is 1. The van der Waals surface area contributed by atoms with E-state index in [0.717, 1.165) is 16.8 Å². The van der Waals surface area contributed by atoms with Crippen molar-refractivity contribution in [3.8, 4) is 0 Å². The summed E-state index contributed by atoms with van der Waals surface area (Å²) in [7, 11) is 1.60. The summed E-state index contributed by atoms with van der Waals surface area (Å²) in [4.78, 5) is 26.3. The summed E-state index contributed by atoms with van der Waals surface area (Å²) < 4.78 is 5.02. The molecule has 2 unspecified atom stereocenters. The van der Waals surface area contributed by atoms with Gasteiger partial charge in [0, 0.05) is 31.8 Å². The number of rotatable bonds is 5. The van der Waals surface area contributed by atoms with E-state index in [1.807, 2.05) is 39.0 Å². The highest BCUT2D eigenvalue weighted by atomic mass is 16.5. The van der Waals surface area contributed by atoms with Crippen LogP contribution in [0.1, 0.15) is 24.5 Å². The first-order valence-corrected chi connectivity index (χ1v) is 7.59. The number of ether oxygens (including phenoxy) is 1. The van der Waals surface area contributed by atoms with E-state index < -0.39 is 0 Å². The second-order valence-electron chi connectivity index (χ2n) is 6.06. The molecule has 1 heterocycles. The minimum absolute atomic E-state index is 0.00763. The molecule has 1 aliphatic rings. The summed E-state index contributed by atoms with van der Waals surface area (Å²) in [5, 5.41) is 2.90. The summed E-state index contributed by atoms with van der Waals surface area (Å²) in [6.45, 7) is 6.78. The molecule has 0 aromatic heterocycles. The molecule has 120 valence electrons. The van der Waals surface area contributed by atoms with Gasteiger partial charge >= 0.3 is 0 Å². The van der Waals surface area contributed by atoms with Gasteiger partial charge in [0.25, 0.3) is 0 Å². The van der Waals surface area contributed by atoms with Crippen LogP contribution in [0.25, 0.3) is 0 Å². The smallest absolute Gasteiger partial charge is 0.227 e. The molecule has 0 aliphatic carbocycles. The van der Waals surface area contributed by atoms with Crippen LogP contribution < -0.4 is 10.2 Å². The molecule has 5 heteroatoms. The van der Waals surface area contributed by atoms with Crippen molar-refractivity contribution in [1.82, 2.24) is 5.32 Å². The molecule has 0 spiro atoms. The van der Waals surface area contributed by atoms with Crippen LogP contribution in [-0.2, 0) is 14.3 Å². The Kier molecular flexibility index (Phi) is 5.19. The van der Waals surface area contributed by atoms with Gasteiger partial charge in [-0.3, -0.25) is 9.59 Å². The average molecular weight is 304 g/mol. The zero-order chi connectivity index (χ0) is 16.3. The Hall–Kier alpha value is -1.88. The van der Waals surface area contributed by atoms with Crippen molar-refractivity contribution in [3.05, 3.63) is 29.3 Å². The number of carbonyl (C=O) groups is 2. The average Bonchev–Trinajstić information content (AvgIpc) is 2.84. The number of benzene rings is 1. The maximum atomic E-state index is 12.3. The van der Waals surface area contributed by atoms with Gasteiger partial charge in [0.1, 0.15) is 0 Å². The van der Waals surface area contributed by atoms with E-state index >= 15 is 0 Å². The molecule has 1 N–H and O–H groups in total. The lowest BCUT2D eigenvalue weighted by Crippen LogP contribution is -2.40. The van der Waals surface area contributed by atoms with E-state index in [0.29, 0.717) is 13.2 Å². The predicted molar refractivity (Wildman–Crippen MR) is 85.9 cm³/mol. The number of methoxy groups -OCH3 is 1. The van der Waals surface area contributed by atoms with Crippen molar-refractivity contribution in [2.24, 2.45) is 5.92 Å². The maximum absolute atomic E-state index is 12.3. The zero-order valence-corrected chi connectivity index (χ0v) is 13.7. The Labute approximate surface area is 131 Å². The molecule has 1 fully saturated rings. The fourth-order valence-corrected chi connectivity index (χ4v) is 2.78. The Bertz CT molecular complexity index is 571. The van der Waals surface area contributed by atoms with E-state index in [2.05, 4.69) is 5.32 Å². The standard InChI is InChI=1S/C17H24N2O3/c1-11-5-6-12(2)15(7-11)19-9-14(8-16(19)20)17(21)18-13(3)10-22-4/h5-7,13-14H,8-10H2,1-4H3,(H,18,21). The Morgan fingerprint density at radius 2 is 2.18 bits per heavy atom. The van der Waals surface area contributed by atoms with Crippen LogP contribution in [-0.4, -0.2) is 38.1 Å². The number of nitrogens with zero attached hydrogens (tertiary/aromatic N) is 1. The fraction of sp³-hybridized carbons (Fsp3) is 0.529. The van der Waals surface area contributed by atoms with Crippen molar-refractivity contribution < 1.29 is 14.3 Å². The molecule has 5 nitrogen and oxygen atoms in total. The van der Waals surface area contributed by atoms with Gasteiger partial charge in [-0.25, -0.2) is 0 Å². The van der Waals surface area contributed by atoms with Gasteiger partial charge < -0.3 is 15.0 Å². The van der Waals surface area contributed by atoms with E-state index in [1.54, 1.807) is 12.0 Å². The third kappa shape index (κ3) is 3.65. The molecule has 1 aromatic carbocycles. The molecule has 2 atom stereocenters. The van der Waals surface area contributed by atoms with Crippen LogP contribution in [0.2, 0.25) is 0 Å². The molecule has 0 saturated carbocycles. The number of anilines is 1. The van der Waals surface area contributed by atoms with E-state index in [-0.39, 0.29) is 30.2 Å². The topological polar surface area (TPSA) is 58.6 Å². The maximum Gasteiger partial charge on any atom is 0.227 e. The van der Waals surface area contributed by atoms with E-state index in [1.165, 1.54) is 0 Å². The number of hydrogen-bond donors (Lipinski definition) is 1. The highest BCUT2D eigenvalue weighted by molar-refractivity contribution is 6.00. The van der Waals surface area contributed by atoms with Gasteiger partial charge in [-0.1, -0.05) is 12.1 Å². The summed E-state index contributed by atoms with van der Waals surface area (Å²) in [6.07, 6.45) is 0.263. The van der Waals surface area contributed by atoms with Crippen molar-refractivity contribution in [1.29, 1.82) is 0 Å². The van der Waals surface area contributed by atoms with Crippen LogP contribution in [0.3, 0.4) is 0 Å². The molecular formula is C17H24N2O3. The molecule has 1 saturated heterocycles. The SMILES string of the molecule is COCC(C)NC(=O)C1CC(=O)N(c2cc(C)ccc2C)C1. The van der Waals surface area contributed by atoms with Gasteiger partial charge in [-0.15, -0.1) is 0 Å². The molecule has 1 aromatic rings. The minimum Gasteiger partial charge on any atom is -0.383 e. The molecule has 0 radical (unpaired) electrons. The van der Waals surface area contributed by atoms with Crippen molar-refractivity contribution in [3.63, 3.8) is 0 Å². The van der Waals surface area contributed by atoms with Crippen LogP contribution >= 0.6 is 0 Å². The third-order valence-electron chi connectivity index (χ3n) is 3.96. The first-order chi connectivity index (χ1) is 10.4. The molecule has 22 heavy (non-hydrogen) atoms. The second kappa shape index (κ2) is 6.92. The fourth-order valence-electron chi connectivity index (χ4n) is 2.78. The van der Waals surface area contributed by atoms with Crippen LogP contribution in [0.4, 0.5) is 5.69 Å². The number of amides is 2. The van der Waals surface area contributed by atoms with Crippen molar-refractivity contribution in [2.45, 2.75) is 33.2 Å². The minimum atomic E-state index is -0.299. The number of aryl methyl sites for hydroxylation is 2. The Balaban J connectivity index is 2.07. The quantitative estimate of drug-likeness (QED) is 0.902. The Morgan fingerprint density at radius 3 is 2.86 bits per heavy atom. The summed E-state index contributed by atoms with van der Waals surface area (Å²) in [6, 6.07) is 5.98. The van der Waals surface area contributed by atoms with Gasteiger partial charge in [0.05, 0.1) is 12.5 Å². The first kappa shape index (κ1) is 16.5. The van der Waals surface area contributed by atoms with E-state index in [9.17, 15) is 9.59 Å². The zero-order valence-electron chi connectivity index (χ0n) is 13.7. The first-order valence-electron chi connectivity index (χ1n) is 7.59. The predicted octanol–water partition coefficient (Wildman–Crippen LogP) is 1.81. The van der Waals surface area contributed by atoms with Crippen LogP contribution in [0.5, 0.6) is 0 Å². The molecular weight excluding hydrogens is 280 g/mol. The van der Waals surface area contributed by atoms with E-state index in [4.69, 9.17) is 4.74 Å². The highest BCUT2D eigenvalue weighted by Gasteiger charge is 2.35. The summed E-state index contributed by atoms with van der Waals surface area (Å²) in [5.41, 5.74) is 3.06. The Morgan fingerprint density at radius 1 is 1.45 bits per heavy atom. The summed E-state index contributed by atoms with van der Waals surface area (Å²) in [5.74, 6) is -0.370. The van der Waals surface area contributed by atoms with Crippen LogP contribution in [0.15, 0.2) is 18.2 Å². The van der Waals surface area contributed by atoms with Gasteiger partial charge in [0.15, 0.2) is 0 Å². The second-order valence-corrected chi connectivity index (χ2v) is 6.06. The lowest BCUT2D eigenvalue weighted by molar-refractivity contribution is -0.127. The third-order valence-corrected chi connectivity index (χ3v) is 3.96. The van der Waals surface area contributed by atoms with Crippen molar-refractivity contribution in [2.75, 3.05) is 25.2 Å². The normalized spacial score (nSPS) is 19.4.